The first-order valence-corrected chi connectivity index (χ1v) is 9.19. The van der Waals surface area contributed by atoms with E-state index in [0.717, 1.165) is 7.11 Å². The lowest BCUT2D eigenvalue weighted by Crippen LogP contribution is -2.15. The summed E-state index contributed by atoms with van der Waals surface area (Å²) < 4.78 is 4.54. The molecule has 0 saturated carbocycles. The van der Waals surface area contributed by atoms with Gasteiger partial charge in [-0.2, -0.15) is 0 Å². The predicted octanol–water partition coefficient (Wildman–Crippen LogP) is 2.15. The summed E-state index contributed by atoms with van der Waals surface area (Å²) in [5.41, 5.74) is 4.16. The molecule has 7 N–H and O–H groups in total. The molecule has 0 heterocycles. The van der Waals surface area contributed by atoms with Gasteiger partial charge in [0, 0.05) is 0 Å². The van der Waals surface area contributed by atoms with E-state index in [9.17, 15) is 24.6 Å². The number of carbonyl (C=O) groups excluding carboxylic acids is 2. The molecule has 0 saturated heterocycles. The third-order valence-electron chi connectivity index (χ3n) is 4.10. The summed E-state index contributed by atoms with van der Waals surface area (Å²) >= 11 is 0. The van der Waals surface area contributed by atoms with Gasteiger partial charge in [-0.1, -0.05) is 18.2 Å². The molecule has 1 amide bonds. The fourth-order valence-electron chi connectivity index (χ4n) is 2.57. The Hall–Kier alpha value is -5.13. The number of esters is 1. The molecule has 12 heteroatoms. The number of aromatic hydroxyl groups is 4. The van der Waals surface area contributed by atoms with Crippen molar-refractivity contribution in [2.24, 2.45) is 5.73 Å². The molecule has 0 aliphatic rings. The maximum Gasteiger partial charge on any atom is 0.345 e. The van der Waals surface area contributed by atoms with Gasteiger partial charge in [-0.05, 0) is 36.4 Å². The van der Waals surface area contributed by atoms with Crippen LogP contribution in [0.1, 0.15) is 31.1 Å². The molecule has 0 fully saturated rings. The molecule has 3 rings (SSSR count). The number of primary amides is 1. The number of hydrogen-bond donors (Lipinski definition) is 6. The SMILES string of the molecule is COC(=O)c1c(O)cccc1OOc1cccc(O)c1C(N)=O.O=C(O)c1c(O)cccc1O. The highest BCUT2D eigenvalue weighted by molar-refractivity contribution is 5.98. The second-order valence-corrected chi connectivity index (χ2v) is 6.30. The van der Waals surface area contributed by atoms with Crippen molar-refractivity contribution in [2.75, 3.05) is 7.11 Å². The minimum atomic E-state index is -1.35. The van der Waals surface area contributed by atoms with Crippen LogP contribution in [0.4, 0.5) is 0 Å². The van der Waals surface area contributed by atoms with Crippen molar-refractivity contribution < 1.29 is 54.4 Å². The van der Waals surface area contributed by atoms with E-state index in [-0.39, 0.29) is 34.1 Å². The van der Waals surface area contributed by atoms with Crippen molar-refractivity contribution in [3.05, 3.63) is 71.3 Å². The number of carboxylic acids is 1. The van der Waals surface area contributed by atoms with E-state index in [1.165, 1.54) is 54.6 Å². The first-order chi connectivity index (χ1) is 16.1. The molecular weight excluding hydrogens is 454 g/mol. The molecule has 0 aliphatic heterocycles. The maximum absolute atomic E-state index is 11.7. The Labute approximate surface area is 191 Å². The highest BCUT2D eigenvalue weighted by atomic mass is 17.2. The lowest BCUT2D eigenvalue weighted by Gasteiger charge is -2.12. The smallest absolute Gasteiger partial charge is 0.345 e. The number of ether oxygens (including phenoxy) is 1. The maximum atomic E-state index is 11.7. The number of hydrogen-bond acceptors (Lipinski definition) is 10. The highest BCUT2D eigenvalue weighted by Gasteiger charge is 2.21. The fraction of sp³-hybridized carbons (Fsp3) is 0.0455. The molecule has 0 aromatic heterocycles. The Bertz CT molecular complexity index is 1200. The van der Waals surface area contributed by atoms with Crippen LogP contribution in [-0.2, 0) is 4.74 Å². The van der Waals surface area contributed by atoms with Crippen LogP contribution >= 0.6 is 0 Å². The van der Waals surface area contributed by atoms with Crippen molar-refractivity contribution in [2.45, 2.75) is 0 Å². The topological polar surface area (TPSA) is 206 Å². The van der Waals surface area contributed by atoms with Crippen molar-refractivity contribution >= 4 is 17.8 Å². The van der Waals surface area contributed by atoms with Gasteiger partial charge in [-0.25, -0.2) is 9.59 Å². The zero-order valence-electron chi connectivity index (χ0n) is 17.5. The Morgan fingerprint density at radius 3 is 1.44 bits per heavy atom. The second kappa shape index (κ2) is 10.9. The minimum Gasteiger partial charge on any atom is -0.507 e. The summed E-state index contributed by atoms with van der Waals surface area (Å²) in [6, 6.07) is 11.8. The quantitative estimate of drug-likeness (QED) is 0.174. The first-order valence-electron chi connectivity index (χ1n) is 9.19. The minimum absolute atomic E-state index is 0.143. The monoisotopic (exact) mass is 473 g/mol. The number of phenolic OH excluding ortho intramolecular Hbond substituents is 1. The Morgan fingerprint density at radius 1 is 0.676 bits per heavy atom. The van der Waals surface area contributed by atoms with Crippen LogP contribution in [-0.4, -0.2) is 50.5 Å². The van der Waals surface area contributed by atoms with E-state index in [2.05, 4.69) is 4.74 Å². The largest absolute Gasteiger partial charge is 0.507 e. The molecule has 3 aromatic rings. The Morgan fingerprint density at radius 2 is 1.06 bits per heavy atom. The number of benzene rings is 3. The highest BCUT2D eigenvalue weighted by Crippen LogP contribution is 2.31. The molecule has 0 radical (unpaired) electrons. The third kappa shape index (κ3) is 5.76. The number of rotatable bonds is 6. The summed E-state index contributed by atoms with van der Waals surface area (Å²) in [5.74, 6) is -5.03. The second-order valence-electron chi connectivity index (χ2n) is 6.30. The van der Waals surface area contributed by atoms with E-state index < -0.39 is 34.9 Å². The van der Waals surface area contributed by atoms with Gasteiger partial charge in [0.15, 0.2) is 11.5 Å². The van der Waals surface area contributed by atoms with E-state index in [0.29, 0.717) is 0 Å². The number of carbonyl (C=O) groups is 3. The summed E-state index contributed by atoms with van der Waals surface area (Å²) in [6.07, 6.45) is 0. The van der Waals surface area contributed by atoms with Gasteiger partial charge in [0.05, 0.1) is 7.11 Å². The molecule has 12 nitrogen and oxygen atoms in total. The summed E-state index contributed by atoms with van der Waals surface area (Å²) in [5, 5.41) is 45.6. The molecule has 178 valence electrons. The van der Waals surface area contributed by atoms with Gasteiger partial charge >= 0.3 is 11.9 Å². The lowest BCUT2D eigenvalue weighted by atomic mass is 10.1. The molecule has 34 heavy (non-hydrogen) atoms. The van der Waals surface area contributed by atoms with Gasteiger partial charge in [0.25, 0.3) is 5.91 Å². The number of aromatic carboxylic acids is 1. The number of carboxylic acid groups (broad SMARTS) is 1. The molecule has 3 aromatic carbocycles. The summed E-state index contributed by atoms with van der Waals surface area (Å²) in [7, 11) is 1.14. The molecule has 0 atom stereocenters. The standard InChI is InChI=1S/C15H13NO7.C7H6O4/c1-21-15(20)13-9(18)5-3-7-11(13)23-22-10-6-2-4-8(17)12(10)14(16)19;8-4-2-1-3-5(9)6(4)7(10)11/h2-7,17-18H,1H3,(H2,16,19);1-3,8-9H,(H,10,11). The van der Waals surface area contributed by atoms with Crippen LogP contribution in [0.15, 0.2) is 54.6 Å². The van der Waals surface area contributed by atoms with Crippen LogP contribution in [0, 0.1) is 0 Å². The fourth-order valence-corrected chi connectivity index (χ4v) is 2.57. The average molecular weight is 473 g/mol. The van der Waals surface area contributed by atoms with Crippen LogP contribution in [0.2, 0.25) is 0 Å². The number of methoxy groups -OCH3 is 1. The zero-order valence-corrected chi connectivity index (χ0v) is 17.5. The molecule has 0 unspecified atom stereocenters. The van der Waals surface area contributed by atoms with Gasteiger partial charge in [-0.15, -0.1) is 0 Å². The van der Waals surface area contributed by atoms with E-state index in [1.54, 1.807) is 0 Å². The van der Waals surface area contributed by atoms with Crippen molar-refractivity contribution in [3.63, 3.8) is 0 Å². The lowest BCUT2D eigenvalue weighted by molar-refractivity contribution is -0.101. The van der Waals surface area contributed by atoms with Gasteiger partial charge in [-0.3, -0.25) is 14.6 Å². The van der Waals surface area contributed by atoms with Crippen LogP contribution in [0.3, 0.4) is 0 Å². The molecule has 0 spiro atoms. The van der Waals surface area contributed by atoms with Gasteiger partial charge in [0.2, 0.25) is 0 Å². The average Bonchev–Trinajstić information content (AvgIpc) is 2.77. The Balaban J connectivity index is 0.000000310. The molecule has 0 aliphatic carbocycles. The summed E-state index contributed by atoms with van der Waals surface area (Å²) in [4.78, 5) is 43.3. The van der Waals surface area contributed by atoms with Crippen LogP contribution in [0.5, 0.6) is 34.5 Å². The molecule has 0 bridgehead atoms. The number of nitrogens with two attached hydrogens (primary N) is 1. The predicted molar refractivity (Wildman–Crippen MR) is 114 cm³/mol. The van der Waals surface area contributed by atoms with Gasteiger partial charge < -0.3 is 36.0 Å². The van der Waals surface area contributed by atoms with E-state index in [4.69, 9.17) is 30.8 Å². The van der Waals surface area contributed by atoms with Crippen molar-refractivity contribution in [1.29, 1.82) is 0 Å². The number of amides is 1. The normalized spacial score (nSPS) is 9.79. The Kier molecular flexibility index (Phi) is 8.09. The van der Waals surface area contributed by atoms with Crippen LogP contribution < -0.4 is 15.5 Å². The number of phenols is 4. The van der Waals surface area contributed by atoms with E-state index >= 15 is 0 Å². The zero-order chi connectivity index (χ0) is 25.4. The first kappa shape index (κ1) is 25.1. The van der Waals surface area contributed by atoms with Crippen molar-refractivity contribution in [3.8, 4) is 34.5 Å². The van der Waals surface area contributed by atoms with Crippen LogP contribution in [0.25, 0.3) is 0 Å². The third-order valence-corrected chi connectivity index (χ3v) is 4.10. The van der Waals surface area contributed by atoms with Crippen molar-refractivity contribution in [1.82, 2.24) is 0 Å². The van der Waals surface area contributed by atoms with Gasteiger partial charge in [0.1, 0.15) is 39.7 Å². The van der Waals surface area contributed by atoms with E-state index in [1.807, 2.05) is 0 Å². The molecular formula is C22H19NO11. The summed E-state index contributed by atoms with van der Waals surface area (Å²) in [6.45, 7) is 0.